The highest BCUT2D eigenvalue weighted by atomic mass is 79.9. The van der Waals surface area contributed by atoms with Gasteiger partial charge in [-0.1, -0.05) is 22.0 Å². The van der Waals surface area contributed by atoms with Gasteiger partial charge in [-0.25, -0.2) is 9.59 Å². The van der Waals surface area contributed by atoms with Crippen LogP contribution in [0.15, 0.2) is 47.1 Å². The zero-order chi connectivity index (χ0) is 19.5. The van der Waals surface area contributed by atoms with Gasteiger partial charge in [-0.3, -0.25) is 4.98 Å². The molecular weight excluding hydrogens is 404 g/mol. The number of halogens is 1. The van der Waals surface area contributed by atoms with Crippen LogP contribution in [0.2, 0.25) is 0 Å². The van der Waals surface area contributed by atoms with Crippen LogP contribution in [0.1, 0.15) is 11.3 Å². The Labute approximate surface area is 160 Å². The number of pyridine rings is 1. The molecule has 0 saturated carbocycles. The number of rotatable bonds is 6. The van der Waals surface area contributed by atoms with Crippen molar-refractivity contribution in [1.82, 2.24) is 9.88 Å². The van der Waals surface area contributed by atoms with Crippen molar-refractivity contribution in [3.63, 3.8) is 0 Å². The summed E-state index contributed by atoms with van der Waals surface area (Å²) in [4.78, 5) is 24.8. The number of aromatic nitrogens is 1. The Balaban J connectivity index is 0.000000487. The topological polar surface area (TPSA) is 100.0 Å². The summed E-state index contributed by atoms with van der Waals surface area (Å²) >= 11 is 3.51. The van der Waals surface area contributed by atoms with Crippen LogP contribution in [0.5, 0.6) is 5.75 Å². The molecule has 0 aliphatic heterocycles. The van der Waals surface area contributed by atoms with E-state index < -0.39 is 11.9 Å². The number of carbonyl (C=O) groups is 2. The van der Waals surface area contributed by atoms with Crippen LogP contribution < -0.4 is 4.74 Å². The second-order valence-electron chi connectivity index (χ2n) is 5.38. The molecular formula is C18H21BrN2O5. The van der Waals surface area contributed by atoms with Gasteiger partial charge in [0.2, 0.25) is 0 Å². The fraction of sp³-hybridized carbons (Fsp3) is 0.278. The highest BCUT2D eigenvalue weighted by Gasteiger charge is 2.07. The largest absolute Gasteiger partial charge is 0.496 e. The molecule has 0 aliphatic rings. The molecule has 1 aromatic heterocycles. The Morgan fingerprint density at radius 2 is 1.88 bits per heavy atom. The zero-order valence-electron chi connectivity index (χ0n) is 14.6. The van der Waals surface area contributed by atoms with Crippen molar-refractivity contribution in [3.8, 4) is 5.75 Å². The molecule has 0 unspecified atom stereocenters. The molecule has 0 spiro atoms. The molecule has 0 radical (unpaired) electrons. The third-order valence-electron chi connectivity index (χ3n) is 3.34. The van der Waals surface area contributed by atoms with Crippen LogP contribution in [0.4, 0.5) is 0 Å². The van der Waals surface area contributed by atoms with Gasteiger partial charge in [-0.05, 0) is 37.4 Å². The number of hydrogen-bond donors (Lipinski definition) is 2. The van der Waals surface area contributed by atoms with Crippen LogP contribution in [-0.4, -0.2) is 52.7 Å². The monoisotopic (exact) mass is 424 g/mol. The summed E-state index contributed by atoms with van der Waals surface area (Å²) in [5.74, 6) is -2.72. The first-order valence-corrected chi connectivity index (χ1v) is 8.50. The maximum Gasteiger partial charge on any atom is 0.414 e. The van der Waals surface area contributed by atoms with Crippen molar-refractivity contribution in [3.05, 3.63) is 58.3 Å². The smallest absolute Gasteiger partial charge is 0.414 e. The summed E-state index contributed by atoms with van der Waals surface area (Å²) < 4.78 is 6.48. The summed E-state index contributed by atoms with van der Waals surface area (Å²) in [5, 5.41) is 14.8. The van der Waals surface area contributed by atoms with Crippen molar-refractivity contribution < 1.29 is 24.5 Å². The van der Waals surface area contributed by atoms with Crippen molar-refractivity contribution in [2.45, 2.75) is 13.0 Å². The molecule has 0 amide bonds. The fourth-order valence-corrected chi connectivity index (χ4v) is 2.50. The number of hydrogen-bond acceptors (Lipinski definition) is 5. The van der Waals surface area contributed by atoms with Gasteiger partial charge in [0.1, 0.15) is 5.75 Å². The van der Waals surface area contributed by atoms with Gasteiger partial charge in [-0.2, -0.15) is 0 Å². The lowest BCUT2D eigenvalue weighted by Crippen LogP contribution is -2.21. The van der Waals surface area contributed by atoms with Gasteiger partial charge < -0.3 is 19.8 Å². The first-order chi connectivity index (χ1) is 12.3. The highest BCUT2D eigenvalue weighted by molar-refractivity contribution is 9.10. The lowest BCUT2D eigenvalue weighted by atomic mass is 10.2. The molecule has 140 valence electrons. The first kappa shape index (κ1) is 21.6. The number of methoxy groups -OCH3 is 1. The summed E-state index contributed by atoms with van der Waals surface area (Å²) in [5.41, 5.74) is 2.31. The number of carboxylic acids is 2. The number of ether oxygens (including phenoxy) is 1. The minimum absolute atomic E-state index is 0.857. The normalized spacial score (nSPS) is 10.0. The Bertz CT molecular complexity index is 713. The van der Waals surface area contributed by atoms with Crippen LogP contribution >= 0.6 is 15.9 Å². The van der Waals surface area contributed by atoms with Crippen molar-refractivity contribution in [2.24, 2.45) is 0 Å². The van der Waals surface area contributed by atoms with E-state index in [4.69, 9.17) is 24.5 Å². The average molecular weight is 425 g/mol. The minimum Gasteiger partial charge on any atom is -0.496 e. The quantitative estimate of drug-likeness (QED) is 0.687. The lowest BCUT2D eigenvalue weighted by molar-refractivity contribution is -0.159. The SMILES string of the molecule is COc1ccc(Br)cc1CN(C)CCc1ccccn1.O=C(O)C(=O)O. The Kier molecular flexibility index (Phi) is 9.32. The Morgan fingerprint density at radius 1 is 1.19 bits per heavy atom. The predicted octanol–water partition coefficient (Wildman–Crippen LogP) is 2.68. The number of aliphatic carboxylic acids is 2. The maximum atomic E-state index is 9.10. The molecule has 1 heterocycles. The summed E-state index contributed by atoms with van der Waals surface area (Å²) in [7, 11) is 3.82. The summed E-state index contributed by atoms with van der Waals surface area (Å²) in [6.45, 7) is 1.82. The van der Waals surface area contributed by atoms with E-state index in [2.05, 4.69) is 45.0 Å². The average Bonchev–Trinajstić information content (AvgIpc) is 2.61. The second kappa shape index (κ2) is 11.2. The van der Waals surface area contributed by atoms with Crippen LogP contribution in [0, 0.1) is 0 Å². The number of nitrogens with zero attached hydrogens (tertiary/aromatic N) is 2. The first-order valence-electron chi connectivity index (χ1n) is 7.70. The minimum atomic E-state index is -1.82. The van der Waals surface area contributed by atoms with Crippen molar-refractivity contribution >= 4 is 27.9 Å². The third kappa shape index (κ3) is 8.09. The molecule has 0 bridgehead atoms. The molecule has 7 nitrogen and oxygen atoms in total. The van der Waals surface area contributed by atoms with Gasteiger partial charge in [0, 0.05) is 41.4 Å². The molecule has 0 aliphatic carbocycles. The second-order valence-corrected chi connectivity index (χ2v) is 6.29. The van der Waals surface area contributed by atoms with E-state index in [1.54, 1.807) is 7.11 Å². The third-order valence-corrected chi connectivity index (χ3v) is 3.83. The van der Waals surface area contributed by atoms with E-state index >= 15 is 0 Å². The number of benzene rings is 1. The predicted molar refractivity (Wildman–Crippen MR) is 100 cm³/mol. The number of carboxylic acid groups (broad SMARTS) is 2. The van der Waals surface area contributed by atoms with Crippen molar-refractivity contribution in [2.75, 3.05) is 20.7 Å². The van der Waals surface area contributed by atoms with Gasteiger partial charge in [0.05, 0.1) is 7.11 Å². The van der Waals surface area contributed by atoms with Gasteiger partial charge in [0.15, 0.2) is 0 Å². The molecule has 2 rings (SSSR count). The Morgan fingerprint density at radius 3 is 2.42 bits per heavy atom. The molecule has 1 aromatic carbocycles. The molecule has 2 aromatic rings. The van der Waals surface area contributed by atoms with Crippen LogP contribution in [0.25, 0.3) is 0 Å². The standard InChI is InChI=1S/C16H19BrN2O.C2H2O4/c1-19(10-8-15-5-3-4-9-18-15)12-13-11-14(17)6-7-16(13)20-2;3-1(4)2(5)6/h3-7,9,11H,8,10,12H2,1-2H3;(H,3,4)(H,5,6). The molecule has 2 N–H and O–H groups in total. The van der Waals surface area contributed by atoms with E-state index in [0.717, 1.165) is 35.4 Å². The van der Waals surface area contributed by atoms with Gasteiger partial charge >= 0.3 is 11.9 Å². The fourth-order valence-electron chi connectivity index (χ4n) is 2.09. The molecule has 0 fully saturated rings. The van der Waals surface area contributed by atoms with E-state index in [1.807, 2.05) is 30.5 Å². The van der Waals surface area contributed by atoms with Gasteiger partial charge in [-0.15, -0.1) is 0 Å². The molecule has 0 atom stereocenters. The molecule has 26 heavy (non-hydrogen) atoms. The van der Waals surface area contributed by atoms with E-state index in [-0.39, 0.29) is 0 Å². The van der Waals surface area contributed by atoms with Crippen LogP contribution in [-0.2, 0) is 22.6 Å². The Hall–Kier alpha value is -2.45. The maximum absolute atomic E-state index is 9.10. The lowest BCUT2D eigenvalue weighted by Gasteiger charge is -2.18. The highest BCUT2D eigenvalue weighted by Crippen LogP contribution is 2.24. The zero-order valence-corrected chi connectivity index (χ0v) is 16.1. The summed E-state index contributed by atoms with van der Waals surface area (Å²) in [6, 6.07) is 12.1. The molecule has 0 saturated heterocycles. The van der Waals surface area contributed by atoms with E-state index in [1.165, 1.54) is 5.56 Å². The van der Waals surface area contributed by atoms with Crippen LogP contribution in [0.3, 0.4) is 0 Å². The summed E-state index contributed by atoms with van der Waals surface area (Å²) in [6.07, 6.45) is 2.79. The van der Waals surface area contributed by atoms with E-state index in [9.17, 15) is 0 Å². The van der Waals surface area contributed by atoms with E-state index in [0.29, 0.717) is 0 Å². The van der Waals surface area contributed by atoms with Crippen molar-refractivity contribution in [1.29, 1.82) is 0 Å². The van der Waals surface area contributed by atoms with Gasteiger partial charge in [0.25, 0.3) is 0 Å². The number of likely N-dealkylation sites (N-methyl/N-ethyl adjacent to an activating group) is 1. The molecule has 8 heteroatoms.